The first-order valence-electron chi connectivity index (χ1n) is 11.1. The van der Waals surface area contributed by atoms with Gasteiger partial charge in [0.25, 0.3) is 11.7 Å². The summed E-state index contributed by atoms with van der Waals surface area (Å²) in [6.07, 6.45) is 2.44. The number of carbonyl (C=O) groups excluding carboxylic acids is 2. The molecule has 1 atom stereocenters. The number of aliphatic hydroxyl groups excluding tert-OH is 1. The molecule has 1 aliphatic rings. The van der Waals surface area contributed by atoms with E-state index < -0.39 is 17.7 Å². The van der Waals surface area contributed by atoms with Crippen molar-refractivity contribution >= 4 is 39.7 Å². The largest absolute Gasteiger partial charge is 0.507 e. The molecule has 4 aromatic rings. The standard InChI is InChI=1S/C27H24N2O5S/c1-33-18-6-3-5-16(13-18)25(30)23-24(22-7-4-12-35-22)29(27(32)26(23)31)11-10-17-15-28-21-9-8-19(34-2)14-20(17)21/h3-9,12-15,24,28,30H,10-11H2,1-2H3/t24-/m0/s1. The van der Waals surface area contributed by atoms with Crippen LogP contribution >= 0.6 is 11.3 Å². The lowest BCUT2D eigenvalue weighted by atomic mass is 9.99. The highest BCUT2D eigenvalue weighted by Gasteiger charge is 2.46. The van der Waals surface area contributed by atoms with Gasteiger partial charge in [-0.1, -0.05) is 18.2 Å². The summed E-state index contributed by atoms with van der Waals surface area (Å²) in [5.41, 5.74) is 2.49. The Bertz CT molecular complexity index is 1440. The predicted octanol–water partition coefficient (Wildman–Crippen LogP) is 4.91. The maximum atomic E-state index is 13.2. The zero-order valence-electron chi connectivity index (χ0n) is 19.3. The van der Waals surface area contributed by atoms with Crippen LogP contribution in [0.15, 0.2) is 71.7 Å². The number of hydrogen-bond donors (Lipinski definition) is 2. The van der Waals surface area contributed by atoms with E-state index in [9.17, 15) is 14.7 Å². The van der Waals surface area contributed by atoms with Gasteiger partial charge in [0.05, 0.1) is 25.8 Å². The molecule has 1 aliphatic heterocycles. The van der Waals surface area contributed by atoms with Crippen molar-refractivity contribution in [3.8, 4) is 11.5 Å². The lowest BCUT2D eigenvalue weighted by Crippen LogP contribution is -2.31. The Morgan fingerprint density at radius 3 is 2.60 bits per heavy atom. The molecule has 1 amide bonds. The van der Waals surface area contributed by atoms with E-state index in [1.165, 1.54) is 18.4 Å². The summed E-state index contributed by atoms with van der Waals surface area (Å²) in [5.74, 6) is -0.226. The van der Waals surface area contributed by atoms with Gasteiger partial charge in [-0.3, -0.25) is 9.59 Å². The molecule has 0 unspecified atom stereocenters. The number of nitrogens with zero attached hydrogens (tertiary/aromatic N) is 1. The third kappa shape index (κ3) is 4.06. The minimum Gasteiger partial charge on any atom is -0.507 e. The molecule has 1 fully saturated rings. The molecule has 5 rings (SSSR count). The average Bonchev–Trinajstić information content (AvgIpc) is 3.61. The van der Waals surface area contributed by atoms with Crippen molar-refractivity contribution in [1.82, 2.24) is 9.88 Å². The Morgan fingerprint density at radius 2 is 1.86 bits per heavy atom. The van der Waals surface area contributed by atoms with E-state index in [4.69, 9.17) is 9.47 Å². The van der Waals surface area contributed by atoms with Gasteiger partial charge >= 0.3 is 0 Å². The van der Waals surface area contributed by atoms with Gasteiger partial charge in [-0.05, 0) is 53.8 Å². The van der Waals surface area contributed by atoms with Crippen LogP contribution in [0, 0.1) is 0 Å². The Balaban J connectivity index is 1.52. The smallest absolute Gasteiger partial charge is 0.295 e. The van der Waals surface area contributed by atoms with Crippen LogP contribution in [-0.4, -0.2) is 47.4 Å². The molecule has 178 valence electrons. The first kappa shape index (κ1) is 22.7. The highest BCUT2D eigenvalue weighted by molar-refractivity contribution is 7.10. The number of thiophene rings is 1. The molecule has 0 radical (unpaired) electrons. The summed E-state index contributed by atoms with van der Waals surface area (Å²) >= 11 is 1.44. The third-order valence-electron chi connectivity index (χ3n) is 6.29. The van der Waals surface area contributed by atoms with E-state index in [0.717, 1.165) is 27.1 Å². The van der Waals surface area contributed by atoms with Crippen LogP contribution in [-0.2, 0) is 16.0 Å². The minimum absolute atomic E-state index is 0.0892. The van der Waals surface area contributed by atoms with E-state index in [1.807, 2.05) is 41.9 Å². The molecule has 0 bridgehead atoms. The molecule has 8 heteroatoms. The molecule has 0 spiro atoms. The van der Waals surface area contributed by atoms with E-state index in [2.05, 4.69) is 4.98 Å². The highest BCUT2D eigenvalue weighted by Crippen LogP contribution is 2.41. The number of aliphatic hydroxyl groups is 1. The van der Waals surface area contributed by atoms with Gasteiger partial charge in [-0.2, -0.15) is 0 Å². The number of amides is 1. The highest BCUT2D eigenvalue weighted by atomic mass is 32.1. The molecular weight excluding hydrogens is 464 g/mol. The fourth-order valence-corrected chi connectivity index (χ4v) is 5.36. The normalized spacial score (nSPS) is 17.3. The number of benzene rings is 2. The third-order valence-corrected chi connectivity index (χ3v) is 7.22. The number of aromatic nitrogens is 1. The van der Waals surface area contributed by atoms with Crippen molar-refractivity contribution < 1.29 is 24.2 Å². The van der Waals surface area contributed by atoms with Gasteiger partial charge in [0.2, 0.25) is 0 Å². The lowest BCUT2D eigenvalue weighted by molar-refractivity contribution is -0.139. The van der Waals surface area contributed by atoms with Crippen LogP contribution in [0.25, 0.3) is 16.7 Å². The summed E-state index contributed by atoms with van der Waals surface area (Å²) < 4.78 is 10.6. The van der Waals surface area contributed by atoms with Crippen molar-refractivity contribution in [3.05, 3.63) is 87.8 Å². The second-order valence-electron chi connectivity index (χ2n) is 8.22. The first-order chi connectivity index (χ1) is 17.0. The maximum absolute atomic E-state index is 13.2. The number of aromatic amines is 1. The van der Waals surface area contributed by atoms with Gasteiger partial charge in [0.1, 0.15) is 17.3 Å². The van der Waals surface area contributed by atoms with Crippen molar-refractivity contribution in [1.29, 1.82) is 0 Å². The van der Waals surface area contributed by atoms with Crippen LogP contribution in [0.5, 0.6) is 11.5 Å². The molecule has 35 heavy (non-hydrogen) atoms. The maximum Gasteiger partial charge on any atom is 0.295 e. The first-order valence-corrected chi connectivity index (χ1v) is 12.0. The van der Waals surface area contributed by atoms with Gasteiger partial charge < -0.3 is 24.5 Å². The summed E-state index contributed by atoms with van der Waals surface area (Å²) in [6, 6.07) is 15.7. The Kier molecular flexibility index (Phi) is 6.05. The number of methoxy groups -OCH3 is 2. The number of likely N-dealkylation sites (tertiary alicyclic amines) is 1. The Morgan fingerprint density at radius 1 is 1.06 bits per heavy atom. The molecule has 0 aliphatic carbocycles. The number of rotatable bonds is 7. The number of H-pyrrole nitrogens is 1. The molecule has 0 saturated carbocycles. The van der Waals surface area contributed by atoms with Gasteiger partial charge in [0.15, 0.2) is 0 Å². The molecule has 2 aromatic heterocycles. The number of fused-ring (bicyclic) bond motifs is 1. The zero-order chi connectivity index (χ0) is 24.5. The quantitative estimate of drug-likeness (QED) is 0.219. The van der Waals surface area contributed by atoms with Crippen LogP contribution < -0.4 is 9.47 Å². The average molecular weight is 489 g/mol. The van der Waals surface area contributed by atoms with Crippen molar-refractivity contribution in [2.75, 3.05) is 20.8 Å². The molecule has 2 N–H and O–H groups in total. The van der Waals surface area contributed by atoms with Crippen molar-refractivity contribution in [2.24, 2.45) is 0 Å². The van der Waals surface area contributed by atoms with Crippen molar-refractivity contribution in [2.45, 2.75) is 12.5 Å². The fraction of sp³-hybridized carbons (Fsp3) is 0.185. The second kappa shape index (κ2) is 9.31. The Labute approximate surface area is 206 Å². The monoisotopic (exact) mass is 488 g/mol. The number of Topliss-reactive ketones (excluding diaryl/α,β-unsaturated/α-hetero) is 1. The summed E-state index contributed by atoms with van der Waals surface area (Å²) in [4.78, 5) is 32.0. The number of ether oxygens (including phenoxy) is 2. The summed E-state index contributed by atoms with van der Waals surface area (Å²) in [5, 5.41) is 14.1. The van der Waals surface area contributed by atoms with E-state index in [1.54, 1.807) is 36.3 Å². The fourth-order valence-electron chi connectivity index (χ4n) is 4.51. The molecule has 1 saturated heterocycles. The van der Waals surface area contributed by atoms with Crippen LogP contribution in [0.1, 0.15) is 22.0 Å². The number of ketones is 1. The van der Waals surface area contributed by atoms with E-state index in [0.29, 0.717) is 24.3 Å². The topological polar surface area (TPSA) is 91.9 Å². The summed E-state index contributed by atoms with van der Waals surface area (Å²) in [6.45, 7) is 0.312. The summed E-state index contributed by atoms with van der Waals surface area (Å²) in [7, 11) is 3.15. The van der Waals surface area contributed by atoms with E-state index in [-0.39, 0.29) is 11.3 Å². The van der Waals surface area contributed by atoms with Crippen LogP contribution in [0.2, 0.25) is 0 Å². The lowest BCUT2D eigenvalue weighted by Gasteiger charge is -2.24. The van der Waals surface area contributed by atoms with E-state index >= 15 is 0 Å². The van der Waals surface area contributed by atoms with Crippen molar-refractivity contribution in [3.63, 3.8) is 0 Å². The Hall–Kier alpha value is -4.04. The van der Waals surface area contributed by atoms with Crippen LogP contribution in [0.4, 0.5) is 0 Å². The number of nitrogens with one attached hydrogen (secondary N) is 1. The molecule has 2 aromatic carbocycles. The van der Waals surface area contributed by atoms with Crippen LogP contribution in [0.3, 0.4) is 0 Å². The van der Waals surface area contributed by atoms with Gasteiger partial charge in [-0.15, -0.1) is 11.3 Å². The minimum atomic E-state index is -0.690. The number of carbonyl (C=O) groups is 2. The second-order valence-corrected chi connectivity index (χ2v) is 9.19. The SMILES string of the molecule is COc1cccc(C(O)=C2C(=O)C(=O)N(CCc3c[nH]c4ccc(OC)cc34)[C@H]2c2cccs2)c1. The number of hydrogen-bond acceptors (Lipinski definition) is 6. The molecular formula is C27H24N2O5S. The molecule has 7 nitrogen and oxygen atoms in total. The zero-order valence-corrected chi connectivity index (χ0v) is 20.1. The molecule has 3 heterocycles. The predicted molar refractivity (Wildman–Crippen MR) is 135 cm³/mol. The van der Waals surface area contributed by atoms with Gasteiger partial charge in [-0.25, -0.2) is 0 Å². The van der Waals surface area contributed by atoms with Gasteiger partial charge in [0, 0.05) is 34.1 Å².